The summed E-state index contributed by atoms with van der Waals surface area (Å²) in [5.41, 5.74) is 0. The van der Waals surface area contributed by atoms with E-state index in [0.717, 1.165) is 16.8 Å². The lowest BCUT2D eigenvalue weighted by Gasteiger charge is -2.21. The van der Waals surface area contributed by atoms with Gasteiger partial charge in [0, 0.05) is 26.3 Å². The molecule has 0 saturated carbocycles. The topological polar surface area (TPSA) is 64.8 Å². The predicted molar refractivity (Wildman–Crippen MR) is 67.4 cm³/mol. The van der Waals surface area contributed by atoms with Gasteiger partial charge < -0.3 is 10.2 Å². The van der Waals surface area contributed by atoms with Gasteiger partial charge in [-0.25, -0.2) is 4.98 Å². The summed E-state index contributed by atoms with van der Waals surface area (Å²) in [5, 5.41) is 11.5. The van der Waals surface area contributed by atoms with E-state index in [4.69, 9.17) is 5.26 Å². The zero-order valence-electron chi connectivity index (χ0n) is 9.37. The number of nitriles is 1. The van der Waals surface area contributed by atoms with Gasteiger partial charge in [-0.3, -0.25) is 0 Å². The van der Waals surface area contributed by atoms with Crippen LogP contribution in [0, 0.1) is 11.3 Å². The van der Waals surface area contributed by atoms with E-state index in [-0.39, 0.29) is 0 Å². The Hall–Kier alpha value is -1.35. The summed E-state index contributed by atoms with van der Waals surface area (Å²) in [6.45, 7) is 3.51. The number of anilines is 2. The van der Waals surface area contributed by atoms with E-state index in [2.05, 4.69) is 37.3 Å². The molecule has 0 atom stereocenters. The summed E-state index contributed by atoms with van der Waals surface area (Å²) in [5.74, 6) is 1.39. The van der Waals surface area contributed by atoms with E-state index in [9.17, 15) is 0 Å². The van der Waals surface area contributed by atoms with Crippen molar-refractivity contribution < 1.29 is 0 Å². The largest absolute Gasteiger partial charge is 0.357 e. The van der Waals surface area contributed by atoms with Crippen LogP contribution in [0.4, 0.5) is 11.8 Å². The van der Waals surface area contributed by atoms with Crippen LogP contribution in [0.25, 0.3) is 0 Å². The maximum Gasteiger partial charge on any atom is 0.224 e. The Labute approximate surface area is 104 Å². The van der Waals surface area contributed by atoms with Crippen LogP contribution in [0.15, 0.2) is 10.7 Å². The number of hydrogen-bond acceptors (Lipinski definition) is 5. The molecule has 1 N–H and O–H groups in total. The molecule has 1 aromatic heterocycles. The van der Waals surface area contributed by atoms with Crippen molar-refractivity contribution in [2.75, 3.05) is 30.4 Å². The lowest BCUT2D eigenvalue weighted by molar-refractivity contribution is 0.805. The number of halogens is 1. The summed E-state index contributed by atoms with van der Waals surface area (Å²) in [7, 11) is 1.78. The van der Waals surface area contributed by atoms with E-state index < -0.39 is 0 Å². The van der Waals surface area contributed by atoms with Gasteiger partial charge in [-0.2, -0.15) is 10.2 Å². The smallest absolute Gasteiger partial charge is 0.224 e. The summed E-state index contributed by atoms with van der Waals surface area (Å²) < 4.78 is 0.839. The maximum absolute atomic E-state index is 8.59. The molecule has 5 nitrogen and oxygen atoms in total. The predicted octanol–water partition coefficient (Wildman–Crippen LogP) is 2.02. The molecule has 1 aromatic rings. The summed E-state index contributed by atoms with van der Waals surface area (Å²) in [4.78, 5) is 10.5. The zero-order valence-corrected chi connectivity index (χ0v) is 11.0. The van der Waals surface area contributed by atoms with Gasteiger partial charge in [0.15, 0.2) is 0 Å². The van der Waals surface area contributed by atoms with Gasteiger partial charge in [0.05, 0.1) is 17.0 Å². The van der Waals surface area contributed by atoms with Crippen LogP contribution in [-0.4, -0.2) is 30.1 Å². The fraction of sp³-hybridized carbons (Fsp3) is 0.500. The maximum atomic E-state index is 8.59. The van der Waals surface area contributed by atoms with Crippen LogP contribution in [0.5, 0.6) is 0 Å². The first-order valence-corrected chi connectivity index (χ1v) is 5.84. The molecule has 1 rings (SSSR count). The first-order valence-electron chi connectivity index (χ1n) is 5.05. The molecule has 0 aromatic carbocycles. The fourth-order valence-electron chi connectivity index (χ4n) is 1.30. The number of aromatic nitrogens is 2. The minimum atomic E-state index is 0.485. The third-order valence-corrected chi connectivity index (χ3v) is 2.68. The number of nitrogens with zero attached hydrogens (tertiary/aromatic N) is 4. The molecular formula is C10H14BrN5. The van der Waals surface area contributed by atoms with E-state index in [1.807, 2.05) is 11.8 Å². The molecule has 0 aliphatic rings. The third-order valence-electron chi connectivity index (χ3n) is 2.12. The number of rotatable bonds is 5. The molecule has 0 bridgehead atoms. The third kappa shape index (κ3) is 3.07. The van der Waals surface area contributed by atoms with Crippen LogP contribution < -0.4 is 10.2 Å². The first kappa shape index (κ1) is 12.7. The Bertz CT molecular complexity index is 387. The van der Waals surface area contributed by atoms with Crippen molar-refractivity contribution in [1.29, 1.82) is 5.26 Å². The van der Waals surface area contributed by atoms with Gasteiger partial charge in [0.2, 0.25) is 5.95 Å². The monoisotopic (exact) mass is 283 g/mol. The summed E-state index contributed by atoms with van der Waals surface area (Å²) in [6, 6.07) is 2.13. The zero-order chi connectivity index (χ0) is 12.0. The van der Waals surface area contributed by atoms with Gasteiger partial charge in [0.25, 0.3) is 0 Å². The Morgan fingerprint density at radius 3 is 2.94 bits per heavy atom. The molecule has 16 heavy (non-hydrogen) atoms. The molecule has 0 unspecified atom stereocenters. The summed E-state index contributed by atoms with van der Waals surface area (Å²) in [6.07, 6.45) is 2.20. The second-order valence-electron chi connectivity index (χ2n) is 3.10. The minimum absolute atomic E-state index is 0.485. The van der Waals surface area contributed by atoms with E-state index in [0.29, 0.717) is 18.9 Å². The van der Waals surface area contributed by atoms with Crippen LogP contribution in [-0.2, 0) is 0 Å². The van der Waals surface area contributed by atoms with E-state index in [1.54, 1.807) is 13.2 Å². The summed E-state index contributed by atoms with van der Waals surface area (Å²) >= 11 is 3.42. The van der Waals surface area contributed by atoms with Crippen molar-refractivity contribution in [2.24, 2.45) is 0 Å². The molecular weight excluding hydrogens is 270 g/mol. The molecule has 0 spiro atoms. The molecule has 0 amide bonds. The van der Waals surface area contributed by atoms with Crippen molar-refractivity contribution in [3.05, 3.63) is 10.7 Å². The average molecular weight is 284 g/mol. The molecule has 0 aliphatic carbocycles. The van der Waals surface area contributed by atoms with Gasteiger partial charge in [0.1, 0.15) is 5.82 Å². The second kappa shape index (κ2) is 6.28. The standard InChI is InChI=1S/C10H14BrN5/c1-3-16(6-4-5-12)9-8(11)7-14-10(13-2)15-9/h7H,3-4,6H2,1-2H3,(H,13,14,15). The molecule has 86 valence electrons. The normalized spacial score (nSPS) is 9.62. The molecule has 1 heterocycles. The van der Waals surface area contributed by atoms with Crippen LogP contribution in [0.2, 0.25) is 0 Å². The van der Waals surface area contributed by atoms with Crippen LogP contribution >= 0.6 is 15.9 Å². The van der Waals surface area contributed by atoms with Gasteiger partial charge >= 0.3 is 0 Å². The molecule has 0 radical (unpaired) electrons. The Kier molecular flexibility index (Phi) is 4.99. The molecule has 0 saturated heterocycles. The lowest BCUT2D eigenvalue weighted by Crippen LogP contribution is -2.25. The highest BCUT2D eigenvalue weighted by Gasteiger charge is 2.11. The Morgan fingerprint density at radius 2 is 2.38 bits per heavy atom. The van der Waals surface area contributed by atoms with Crippen LogP contribution in [0.1, 0.15) is 13.3 Å². The number of nitrogens with one attached hydrogen (secondary N) is 1. The highest BCUT2D eigenvalue weighted by atomic mass is 79.9. The highest BCUT2D eigenvalue weighted by Crippen LogP contribution is 2.24. The second-order valence-corrected chi connectivity index (χ2v) is 3.96. The molecule has 0 aliphatic heterocycles. The SMILES string of the molecule is CCN(CCC#N)c1nc(NC)ncc1Br. The van der Waals surface area contributed by atoms with Gasteiger partial charge in [-0.1, -0.05) is 0 Å². The van der Waals surface area contributed by atoms with E-state index in [1.165, 1.54) is 0 Å². The average Bonchev–Trinajstić information content (AvgIpc) is 2.32. The fourth-order valence-corrected chi connectivity index (χ4v) is 1.74. The molecule has 6 heteroatoms. The number of hydrogen-bond donors (Lipinski definition) is 1. The minimum Gasteiger partial charge on any atom is -0.357 e. The van der Waals surface area contributed by atoms with Crippen LogP contribution in [0.3, 0.4) is 0 Å². The van der Waals surface area contributed by atoms with Gasteiger partial charge in [-0.05, 0) is 22.9 Å². The van der Waals surface area contributed by atoms with Crippen molar-refractivity contribution in [3.63, 3.8) is 0 Å². The Balaban J connectivity index is 2.94. The van der Waals surface area contributed by atoms with Crippen molar-refractivity contribution >= 4 is 27.7 Å². The quantitative estimate of drug-likeness (QED) is 0.896. The first-order chi connectivity index (χ1) is 7.72. The van der Waals surface area contributed by atoms with E-state index >= 15 is 0 Å². The highest BCUT2D eigenvalue weighted by molar-refractivity contribution is 9.10. The lowest BCUT2D eigenvalue weighted by atomic mass is 10.4. The van der Waals surface area contributed by atoms with Crippen molar-refractivity contribution in [3.8, 4) is 6.07 Å². The Morgan fingerprint density at radius 1 is 1.62 bits per heavy atom. The van der Waals surface area contributed by atoms with Gasteiger partial charge in [-0.15, -0.1) is 0 Å². The van der Waals surface area contributed by atoms with Crippen molar-refractivity contribution in [2.45, 2.75) is 13.3 Å². The van der Waals surface area contributed by atoms with Crippen molar-refractivity contribution in [1.82, 2.24) is 9.97 Å². The molecule has 0 fully saturated rings.